The van der Waals surface area contributed by atoms with E-state index < -0.39 is 31.1 Å². The van der Waals surface area contributed by atoms with Gasteiger partial charge in [-0.25, -0.2) is 20.4 Å². The number of ether oxygens (including phenoxy) is 2. The molecule has 0 amide bonds. The number of nitrogens with zero attached hydrogens (tertiary/aromatic N) is 4. The Kier molecular flexibility index (Phi) is 5.38. The largest absolute Gasteiger partial charge is 0.490 e. The van der Waals surface area contributed by atoms with E-state index in [0.29, 0.717) is 40.8 Å². The van der Waals surface area contributed by atoms with Gasteiger partial charge in [-0.05, 0) is 18.1 Å². The Hall–Kier alpha value is -2.54. The number of imidazole rings is 1. The predicted molar refractivity (Wildman–Crippen MR) is 110 cm³/mol. The maximum absolute atomic E-state index is 10.3. The van der Waals surface area contributed by atoms with Crippen LogP contribution in [0.1, 0.15) is 11.8 Å². The first-order valence-corrected chi connectivity index (χ1v) is 10.2. The second-order valence-corrected chi connectivity index (χ2v) is 7.89. The van der Waals surface area contributed by atoms with Gasteiger partial charge in [0.1, 0.15) is 37.0 Å². The Morgan fingerprint density at radius 3 is 2.87 bits per heavy atom. The van der Waals surface area contributed by atoms with Gasteiger partial charge in [0.2, 0.25) is 0 Å². The van der Waals surface area contributed by atoms with Crippen LogP contribution in [0.25, 0.3) is 11.2 Å². The number of fused-ring (bicyclic) bond motifs is 2. The molecular weight excluding hydrogens is 428 g/mol. The van der Waals surface area contributed by atoms with E-state index in [-0.39, 0.29) is 6.04 Å². The number of benzene rings is 1. The number of rotatable bonds is 5. The highest BCUT2D eigenvalue weighted by Gasteiger charge is 2.44. The lowest BCUT2D eigenvalue weighted by Gasteiger charge is -2.27. The molecule has 164 valence electrons. The van der Waals surface area contributed by atoms with Crippen molar-refractivity contribution in [3.05, 3.63) is 41.4 Å². The van der Waals surface area contributed by atoms with Gasteiger partial charge in [0.05, 0.1) is 24.0 Å². The normalized spacial score (nSPS) is 27.8. The summed E-state index contributed by atoms with van der Waals surface area (Å²) in [5.41, 5.74) is 8.13. The molecular formula is C19H21ClN6O5. The molecule has 1 fully saturated rings. The van der Waals surface area contributed by atoms with Crippen molar-refractivity contribution in [1.82, 2.24) is 24.9 Å². The van der Waals surface area contributed by atoms with E-state index in [2.05, 4.69) is 25.8 Å². The highest BCUT2D eigenvalue weighted by molar-refractivity contribution is 6.32. The number of halogens is 1. The third-order valence-corrected chi connectivity index (χ3v) is 5.79. The highest BCUT2D eigenvalue weighted by atomic mass is 35.5. The topological polar surface area (TPSA) is 147 Å². The number of aliphatic hydroxyl groups excluding tert-OH is 3. The third-order valence-electron chi connectivity index (χ3n) is 5.49. The molecule has 1 aromatic carbocycles. The summed E-state index contributed by atoms with van der Waals surface area (Å²) in [6, 6.07) is 5.63. The van der Waals surface area contributed by atoms with E-state index in [1.54, 1.807) is 6.07 Å². The first-order valence-electron chi connectivity index (χ1n) is 9.78. The number of aromatic nitrogens is 4. The monoisotopic (exact) mass is 448 g/mol. The molecule has 2 aliphatic heterocycles. The van der Waals surface area contributed by atoms with E-state index in [1.165, 1.54) is 17.2 Å². The Morgan fingerprint density at radius 2 is 2.06 bits per heavy atom. The van der Waals surface area contributed by atoms with Gasteiger partial charge in [0, 0.05) is 0 Å². The summed E-state index contributed by atoms with van der Waals surface area (Å²) in [6.45, 7) is 0.0137. The molecule has 1 saturated heterocycles. The van der Waals surface area contributed by atoms with Crippen LogP contribution in [-0.2, 0) is 11.2 Å². The molecule has 4 heterocycles. The van der Waals surface area contributed by atoms with Crippen molar-refractivity contribution < 1.29 is 24.8 Å². The molecule has 2 aromatic heterocycles. The van der Waals surface area contributed by atoms with Crippen LogP contribution in [0.3, 0.4) is 0 Å². The summed E-state index contributed by atoms with van der Waals surface area (Å²) in [6.07, 6.45) is -0.734. The van der Waals surface area contributed by atoms with E-state index in [9.17, 15) is 15.3 Å². The van der Waals surface area contributed by atoms with E-state index >= 15 is 0 Å². The number of hydrogen-bond donors (Lipinski definition) is 5. The molecule has 0 radical (unpaired) electrons. The van der Waals surface area contributed by atoms with Crippen LogP contribution in [-0.4, -0.2) is 72.4 Å². The smallest absolute Gasteiger partial charge is 0.171 e. The highest BCUT2D eigenvalue weighted by Crippen LogP contribution is 2.33. The molecule has 3 aromatic rings. The summed E-state index contributed by atoms with van der Waals surface area (Å²) in [4.78, 5) is 12.8. The molecule has 0 bridgehead atoms. The summed E-state index contributed by atoms with van der Waals surface area (Å²) in [5, 5.41) is 30.2. The molecule has 11 nitrogen and oxygen atoms in total. The maximum atomic E-state index is 10.3. The number of anilines is 1. The van der Waals surface area contributed by atoms with Gasteiger partial charge in [-0.3, -0.25) is 4.57 Å². The predicted octanol–water partition coefficient (Wildman–Crippen LogP) is 0.0114. The number of para-hydroxylation sites is 1. The zero-order valence-electron chi connectivity index (χ0n) is 16.2. The molecule has 0 aliphatic carbocycles. The third kappa shape index (κ3) is 3.59. The average Bonchev–Trinajstić information content (AvgIpc) is 3.33. The number of hydrogen-bond acceptors (Lipinski definition) is 10. The number of hydrazine groups is 1. The molecule has 0 spiro atoms. The Balaban J connectivity index is 1.33. The van der Waals surface area contributed by atoms with Gasteiger partial charge in [-0.15, -0.1) is 0 Å². The second kappa shape index (κ2) is 8.19. The van der Waals surface area contributed by atoms with Crippen LogP contribution in [0.5, 0.6) is 5.75 Å². The molecule has 12 heteroatoms. The molecule has 1 unspecified atom stereocenters. The molecule has 0 saturated carbocycles. The summed E-state index contributed by atoms with van der Waals surface area (Å²) in [5.74, 6) is 1.15. The fraction of sp³-hybridized carbons (Fsp3) is 0.421. The lowest BCUT2D eigenvalue weighted by Crippen LogP contribution is -2.42. The summed E-state index contributed by atoms with van der Waals surface area (Å²) >= 11 is 6.18. The van der Waals surface area contributed by atoms with Gasteiger partial charge in [-0.2, -0.15) is 0 Å². The van der Waals surface area contributed by atoms with Crippen molar-refractivity contribution in [3.63, 3.8) is 0 Å². The van der Waals surface area contributed by atoms with Gasteiger partial charge >= 0.3 is 0 Å². The zero-order valence-corrected chi connectivity index (χ0v) is 17.0. The van der Waals surface area contributed by atoms with E-state index in [0.717, 1.165) is 5.56 Å². The minimum Gasteiger partial charge on any atom is -0.490 e. The minimum absolute atomic E-state index is 0.0292. The molecule has 5 atom stereocenters. The van der Waals surface area contributed by atoms with Crippen LogP contribution in [0.15, 0.2) is 30.9 Å². The van der Waals surface area contributed by atoms with Crippen molar-refractivity contribution in [2.75, 3.05) is 18.6 Å². The fourth-order valence-corrected chi connectivity index (χ4v) is 4.14. The number of aliphatic hydroxyl groups is 3. The van der Waals surface area contributed by atoms with Gasteiger partial charge in [0.25, 0.3) is 0 Å². The van der Waals surface area contributed by atoms with Crippen LogP contribution in [0.2, 0.25) is 5.02 Å². The van der Waals surface area contributed by atoms with Crippen LogP contribution in [0, 0.1) is 0 Å². The molecule has 5 N–H and O–H groups in total. The van der Waals surface area contributed by atoms with E-state index in [1.807, 2.05) is 12.1 Å². The van der Waals surface area contributed by atoms with Gasteiger partial charge in [-0.1, -0.05) is 23.7 Å². The number of nitrogens with one attached hydrogen (secondary N) is 2. The summed E-state index contributed by atoms with van der Waals surface area (Å²) < 4.78 is 12.9. The summed E-state index contributed by atoms with van der Waals surface area (Å²) in [7, 11) is 0. The maximum Gasteiger partial charge on any atom is 0.171 e. The van der Waals surface area contributed by atoms with Crippen molar-refractivity contribution >= 4 is 28.6 Å². The van der Waals surface area contributed by atoms with E-state index in [4.69, 9.17) is 21.1 Å². The van der Waals surface area contributed by atoms with Crippen LogP contribution in [0.4, 0.5) is 5.82 Å². The second-order valence-electron chi connectivity index (χ2n) is 7.48. The van der Waals surface area contributed by atoms with Crippen molar-refractivity contribution in [2.24, 2.45) is 0 Å². The minimum atomic E-state index is -1.23. The lowest BCUT2D eigenvalue weighted by molar-refractivity contribution is -0.0511. The molecule has 5 rings (SSSR count). The first-order chi connectivity index (χ1) is 15.1. The van der Waals surface area contributed by atoms with Gasteiger partial charge < -0.3 is 30.2 Å². The Labute approximate surface area is 181 Å². The van der Waals surface area contributed by atoms with Crippen molar-refractivity contribution in [1.29, 1.82) is 0 Å². The Morgan fingerprint density at radius 1 is 1.19 bits per heavy atom. The van der Waals surface area contributed by atoms with Gasteiger partial charge in [0.15, 0.2) is 23.2 Å². The lowest BCUT2D eigenvalue weighted by atomic mass is 10.0. The first kappa shape index (κ1) is 20.4. The average molecular weight is 449 g/mol. The van der Waals surface area contributed by atoms with Crippen LogP contribution >= 0.6 is 11.6 Å². The Bertz CT molecular complexity index is 1100. The van der Waals surface area contributed by atoms with Crippen molar-refractivity contribution in [3.8, 4) is 5.75 Å². The van der Waals surface area contributed by atoms with Crippen LogP contribution < -0.4 is 15.6 Å². The molecule has 2 aliphatic rings. The SMILES string of the molecule is OC[C@H]1O[C@@H](n2cnc3c(NNC4COc5c(Cl)cccc5C4)ncnc32)[C@H](O)[C@@H]1O. The fourth-order valence-electron chi connectivity index (χ4n) is 3.89. The quantitative estimate of drug-likeness (QED) is 0.338. The van der Waals surface area contributed by atoms with Crippen molar-refractivity contribution in [2.45, 2.75) is 37.0 Å². The zero-order chi connectivity index (χ0) is 21.5. The molecule has 31 heavy (non-hydrogen) atoms. The standard InChI is InChI=1S/C19H21ClN6O5/c20-11-3-1-2-9-4-10(6-30-16(9)11)24-25-17-13-18(22-7-21-17)26(8-23-13)19-15(29)14(28)12(5-27)31-19/h1-3,7-8,10,12,14-15,19,24,27-29H,4-6H2,(H,21,22,25)/t10?,12-,14-,15-,19-/m1/s1.